The van der Waals surface area contributed by atoms with Gasteiger partial charge >= 0.3 is 12.1 Å². The lowest BCUT2D eigenvalue weighted by molar-refractivity contribution is -0.139. The summed E-state index contributed by atoms with van der Waals surface area (Å²) in [4.78, 5) is 20.2. The van der Waals surface area contributed by atoms with Gasteiger partial charge in [-0.25, -0.2) is 4.79 Å². The summed E-state index contributed by atoms with van der Waals surface area (Å²) >= 11 is 0. The van der Waals surface area contributed by atoms with E-state index in [2.05, 4.69) is 9.98 Å². The lowest BCUT2D eigenvalue weighted by atomic mass is 9.81. The Hall–Kier alpha value is -2.90. The van der Waals surface area contributed by atoms with Gasteiger partial charge in [-0.15, -0.1) is 0 Å². The number of hydrogen-bond donors (Lipinski definition) is 0. The van der Waals surface area contributed by atoms with Gasteiger partial charge < -0.3 is 9.47 Å². The van der Waals surface area contributed by atoms with Crippen molar-refractivity contribution in [3.05, 3.63) is 53.3 Å². The standard InChI is InChI=1S/C22H23F3N2O3/c1-29-21(28)19-8-10-26-14-20(19)27-11-7-15-3-2-4-16-13-17(5-6-18(15)16)30-12-9-22(23,24)25/h5-6,8,10-11,13-15H,2-4,7,9,12H2,1H3. The quantitative estimate of drug-likeness (QED) is 0.444. The van der Waals surface area contributed by atoms with Crippen LogP contribution in [-0.2, 0) is 11.2 Å². The number of aliphatic imine (C=N–C) groups is 1. The van der Waals surface area contributed by atoms with Gasteiger partial charge in [0.15, 0.2) is 0 Å². The number of hydrogen-bond acceptors (Lipinski definition) is 5. The molecule has 0 aliphatic heterocycles. The number of pyridine rings is 1. The fourth-order valence-corrected chi connectivity index (χ4v) is 3.56. The van der Waals surface area contributed by atoms with Crippen LogP contribution in [0, 0.1) is 0 Å². The molecule has 1 unspecified atom stereocenters. The Kier molecular flexibility index (Phi) is 7.07. The van der Waals surface area contributed by atoms with E-state index in [9.17, 15) is 18.0 Å². The Balaban J connectivity index is 1.66. The minimum absolute atomic E-state index is 0.250. The first kappa shape index (κ1) is 21.8. The van der Waals surface area contributed by atoms with E-state index >= 15 is 0 Å². The van der Waals surface area contributed by atoms with Crippen LogP contribution in [0.4, 0.5) is 18.9 Å². The fraction of sp³-hybridized carbons (Fsp3) is 0.409. The number of rotatable bonds is 7. The SMILES string of the molecule is COC(=O)c1ccncc1N=CCC1CCCc2cc(OCCC(F)(F)F)ccc21. The van der Waals surface area contributed by atoms with Crippen LogP contribution in [0.1, 0.15) is 53.1 Å². The number of fused-ring (bicyclic) bond motifs is 1. The zero-order valence-corrected chi connectivity index (χ0v) is 16.6. The molecule has 1 aromatic heterocycles. The highest BCUT2D eigenvalue weighted by atomic mass is 19.4. The largest absolute Gasteiger partial charge is 0.493 e. The molecule has 0 amide bonds. The zero-order valence-electron chi connectivity index (χ0n) is 16.6. The molecule has 0 radical (unpaired) electrons. The van der Waals surface area contributed by atoms with Crippen molar-refractivity contribution in [2.75, 3.05) is 13.7 Å². The van der Waals surface area contributed by atoms with Crippen LogP contribution in [0.25, 0.3) is 0 Å². The maximum atomic E-state index is 12.3. The number of esters is 1. The second-order valence-corrected chi connectivity index (χ2v) is 7.10. The third-order valence-electron chi connectivity index (χ3n) is 5.03. The second kappa shape index (κ2) is 9.73. The van der Waals surface area contributed by atoms with E-state index in [1.54, 1.807) is 18.3 Å². The zero-order chi connectivity index (χ0) is 21.6. The summed E-state index contributed by atoms with van der Waals surface area (Å²) in [5, 5.41) is 0. The summed E-state index contributed by atoms with van der Waals surface area (Å²) in [6.45, 7) is -0.383. The topological polar surface area (TPSA) is 60.8 Å². The average molecular weight is 420 g/mol. The van der Waals surface area contributed by atoms with Crippen LogP contribution >= 0.6 is 0 Å². The van der Waals surface area contributed by atoms with Crippen molar-refractivity contribution in [2.24, 2.45) is 4.99 Å². The van der Waals surface area contributed by atoms with Gasteiger partial charge in [0.2, 0.25) is 0 Å². The molecule has 0 spiro atoms. The highest BCUT2D eigenvalue weighted by molar-refractivity contribution is 5.95. The third-order valence-corrected chi connectivity index (χ3v) is 5.03. The van der Waals surface area contributed by atoms with Crippen molar-refractivity contribution in [2.45, 2.75) is 44.2 Å². The summed E-state index contributed by atoms with van der Waals surface area (Å²) in [5.41, 5.74) is 3.07. The minimum atomic E-state index is -4.22. The number of aryl methyl sites for hydroxylation is 1. The van der Waals surface area contributed by atoms with Gasteiger partial charge in [-0.3, -0.25) is 9.98 Å². The molecule has 0 saturated carbocycles. The van der Waals surface area contributed by atoms with Crippen LogP contribution in [0.5, 0.6) is 5.75 Å². The number of ether oxygens (including phenoxy) is 2. The molecule has 0 fully saturated rings. The molecule has 1 heterocycles. The van der Waals surface area contributed by atoms with Crippen LogP contribution < -0.4 is 4.74 Å². The number of methoxy groups -OCH3 is 1. The van der Waals surface area contributed by atoms with Crippen molar-refractivity contribution < 1.29 is 27.4 Å². The molecule has 5 nitrogen and oxygen atoms in total. The Morgan fingerprint density at radius 1 is 1.33 bits per heavy atom. The molecule has 8 heteroatoms. The fourth-order valence-electron chi connectivity index (χ4n) is 3.56. The van der Waals surface area contributed by atoms with Gasteiger partial charge in [-0.2, -0.15) is 13.2 Å². The predicted octanol–water partition coefficient (Wildman–Crippen LogP) is 5.41. The predicted molar refractivity (Wildman–Crippen MR) is 107 cm³/mol. The minimum Gasteiger partial charge on any atom is -0.493 e. The number of carbonyl (C=O) groups excluding carboxylic acids is 1. The molecule has 0 N–H and O–H groups in total. The number of carbonyl (C=O) groups is 1. The Labute approximate surface area is 172 Å². The van der Waals surface area contributed by atoms with Crippen molar-refractivity contribution in [3.63, 3.8) is 0 Å². The van der Waals surface area contributed by atoms with Crippen molar-refractivity contribution in [1.29, 1.82) is 0 Å². The van der Waals surface area contributed by atoms with E-state index in [4.69, 9.17) is 9.47 Å². The van der Waals surface area contributed by atoms with E-state index < -0.39 is 18.6 Å². The van der Waals surface area contributed by atoms with Crippen LogP contribution in [0.2, 0.25) is 0 Å². The monoisotopic (exact) mass is 420 g/mol. The van der Waals surface area contributed by atoms with Crippen molar-refractivity contribution in [3.8, 4) is 5.75 Å². The van der Waals surface area contributed by atoms with E-state index in [0.29, 0.717) is 23.4 Å². The Morgan fingerprint density at radius 3 is 2.93 bits per heavy atom. The van der Waals surface area contributed by atoms with Gasteiger partial charge in [-0.1, -0.05) is 6.07 Å². The molecule has 0 saturated heterocycles. The van der Waals surface area contributed by atoms with Gasteiger partial charge in [0.25, 0.3) is 0 Å². The highest BCUT2D eigenvalue weighted by Crippen LogP contribution is 2.35. The maximum Gasteiger partial charge on any atom is 0.392 e. The van der Waals surface area contributed by atoms with Gasteiger partial charge in [-0.05, 0) is 60.9 Å². The van der Waals surface area contributed by atoms with Crippen molar-refractivity contribution in [1.82, 2.24) is 4.98 Å². The van der Waals surface area contributed by atoms with Gasteiger partial charge in [0.1, 0.15) is 5.75 Å². The summed E-state index contributed by atoms with van der Waals surface area (Å²) in [6, 6.07) is 7.06. The number of halogens is 3. The van der Waals surface area contributed by atoms with Crippen molar-refractivity contribution >= 4 is 17.9 Å². The Morgan fingerprint density at radius 2 is 2.17 bits per heavy atom. The molecule has 1 aliphatic carbocycles. The molecule has 1 atom stereocenters. The first-order valence-electron chi connectivity index (χ1n) is 9.74. The molecule has 160 valence electrons. The Bertz CT molecular complexity index is 913. The van der Waals surface area contributed by atoms with Gasteiger partial charge in [0, 0.05) is 12.4 Å². The summed E-state index contributed by atoms with van der Waals surface area (Å²) in [7, 11) is 1.32. The summed E-state index contributed by atoms with van der Waals surface area (Å²) in [5.74, 6) is 0.246. The van der Waals surface area contributed by atoms with E-state index in [-0.39, 0.29) is 12.5 Å². The molecule has 1 aromatic carbocycles. The number of aromatic nitrogens is 1. The van der Waals surface area contributed by atoms with Gasteiger partial charge in [0.05, 0.1) is 37.6 Å². The first-order chi connectivity index (χ1) is 14.4. The highest BCUT2D eigenvalue weighted by Gasteiger charge is 2.27. The first-order valence-corrected chi connectivity index (χ1v) is 9.74. The summed E-state index contributed by atoms with van der Waals surface area (Å²) in [6.07, 6.45) is 3.13. The number of nitrogens with zero attached hydrogens (tertiary/aromatic N) is 2. The molecular formula is C22H23F3N2O3. The molecule has 3 rings (SSSR count). The second-order valence-electron chi connectivity index (χ2n) is 7.10. The molecule has 0 bridgehead atoms. The molecule has 30 heavy (non-hydrogen) atoms. The number of benzene rings is 1. The van der Waals surface area contributed by atoms with Crippen LogP contribution in [-0.4, -0.2) is 37.1 Å². The number of alkyl halides is 3. The van der Waals surface area contributed by atoms with E-state index in [0.717, 1.165) is 30.4 Å². The third kappa shape index (κ3) is 5.81. The van der Waals surface area contributed by atoms with E-state index in [1.807, 2.05) is 12.1 Å². The van der Waals surface area contributed by atoms with Crippen LogP contribution in [0.3, 0.4) is 0 Å². The van der Waals surface area contributed by atoms with E-state index in [1.165, 1.54) is 19.5 Å². The normalized spacial score (nSPS) is 16.3. The lowest BCUT2D eigenvalue weighted by Crippen LogP contribution is -2.14. The van der Waals surface area contributed by atoms with Crippen LogP contribution in [0.15, 0.2) is 41.7 Å². The maximum absolute atomic E-state index is 12.3. The lowest BCUT2D eigenvalue weighted by Gasteiger charge is -2.25. The summed E-state index contributed by atoms with van der Waals surface area (Å²) < 4.78 is 46.9. The smallest absolute Gasteiger partial charge is 0.392 e. The molecule has 2 aromatic rings. The average Bonchev–Trinajstić information content (AvgIpc) is 2.72. The molecular weight excluding hydrogens is 397 g/mol. The molecule has 1 aliphatic rings.